The summed E-state index contributed by atoms with van der Waals surface area (Å²) in [6.07, 6.45) is 0. The molecule has 1 heterocycles. The molecule has 0 unspecified atom stereocenters. The first kappa shape index (κ1) is 18.1. The number of ether oxygens (including phenoxy) is 1. The number of methoxy groups -OCH3 is 1. The van der Waals surface area contributed by atoms with Crippen LogP contribution in [-0.4, -0.2) is 23.0 Å². The Morgan fingerprint density at radius 3 is 2.79 bits per heavy atom. The Kier molecular flexibility index (Phi) is 5.68. The fraction of sp³-hybridized carbons (Fsp3) is 0.143. The summed E-state index contributed by atoms with van der Waals surface area (Å²) in [4.78, 5) is 25.7. The normalized spacial score (nSPS) is 10.3. The average molecular weight is 419 g/mol. The van der Waals surface area contributed by atoms with Crippen LogP contribution in [0.5, 0.6) is 0 Å². The van der Waals surface area contributed by atoms with Gasteiger partial charge in [0.05, 0.1) is 22.2 Å². The fourth-order valence-corrected chi connectivity index (χ4v) is 2.67. The lowest BCUT2D eigenvalue weighted by atomic mass is 10.1. The van der Waals surface area contributed by atoms with Gasteiger partial charge in [-0.1, -0.05) is 29.8 Å². The van der Waals surface area contributed by atoms with Crippen molar-refractivity contribution >= 4 is 44.9 Å². The number of benzene rings is 1. The molecule has 0 amide bonds. The summed E-state index contributed by atoms with van der Waals surface area (Å²) < 4.78 is 18.8. The van der Waals surface area contributed by atoms with E-state index < -0.39 is 21.9 Å². The summed E-state index contributed by atoms with van der Waals surface area (Å²) in [6.45, 7) is -0.0619. The lowest BCUT2D eigenvalue weighted by Crippen LogP contribution is -2.11. The Morgan fingerprint density at radius 1 is 1.50 bits per heavy atom. The van der Waals surface area contributed by atoms with Crippen molar-refractivity contribution in [1.29, 1.82) is 0 Å². The minimum Gasteiger partial charge on any atom is -0.464 e. The van der Waals surface area contributed by atoms with E-state index in [4.69, 9.17) is 11.6 Å². The number of nitro groups is 1. The smallest absolute Gasteiger partial charge is 0.357 e. The summed E-state index contributed by atoms with van der Waals surface area (Å²) in [6, 6.07) is 6.01. The topological polar surface area (TPSA) is 94.4 Å². The fourth-order valence-electron chi connectivity index (χ4n) is 1.92. The summed E-state index contributed by atoms with van der Waals surface area (Å²) >= 11 is 8.76. The highest BCUT2D eigenvalue weighted by atomic mass is 79.9. The molecular formula is C14H10BrClFN3O4. The third-order valence-electron chi connectivity index (χ3n) is 3.06. The Labute approximate surface area is 149 Å². The predicted octanol–water partition coefficient (Wildman–Crippen LogP) is 3.94. The lowest BCUT2D eigenvalue weighted by Gasteiger charge is -2.13. The molecule has 0 spiro atoms. The van der Waals surface area contributed by atoms with Crippen LogP contribution < -0.4 is 5.32 Å². The monoisotopic (exact) mass is 417 g/mol. The number of nitrogens with zero attached hydrogens (tertiary/aromatic N) is 2. The summed E-state index contributed by atoms with van der Waals surface area (Å²) in [5.74, 6) is -1.70. The second kappa shape index (κ2) is 7.54. The number of anilines is 1. The molecule has 0 saturated carbocycles. The summed E-state index contributed by atoms with van der Waals surface area (Å²) in [5.41, 5.74) is -0.140. The van der Waals surface area contributed by atoms with Gasteiger partial charge in [-0.05, 0) is 15.9 Å². The van der Waals surface area contributed by atoms with Crippen LogP contribution in [0.4, 0.5) is 15.8 Å². The molecule has 0 saturated heterocycles. The van der Waals surface area contributed by atoms with Gasteiger partial charge in [0.1, 0.15) is 0 Å². The zero-order chi connectivity index (χ0) is 17.9. The second-order valence-corrected chi connectivity index (χ2v) is 5.64. The number of carbonyl (C=O) groups excluding carboxylic acids is 1. The van der Waals surface area contributed by atoms with E-state index in [1.165, 1.54) is 18.2 Å². The third kappa shape index (κ3) is 3.62. The highest BCUT2D eigenvalue weighted by molar-refractivity contribution is 9.10. The number of esters is 1. The molecule has 0 aliphatic carbocycles. The number of nitrogens with one attached hydrogen (secondary N) is 1. The molecule has 7 nitrogen and oxygen atoms in total. The number of aromatic nitrogens is 1. The van der Waals surface area contributed by atoms with Crippen molar-refractivity contribution in [3.8, 4) is 0 Å². The lowest BCUT2D eigenvalue weighted by molar-refractivity contribution is -0.385. The highest BCUT2D eigenvalue weighted by Crippen LogP contribution is 2.33. The molecular weight excluding hydrogens is 409 g/mol. The number of halogens is 3. The molecule has 0 fully saturated rings. The van der Waals surface area contributed by atoms with Crippen molar-refractivity contribution < 1.29 is 18.8 Å². The minimum atomic E-state index is -0.894. The van der Waals surface area contributed by atoms with Gasteiger partial charge in [0.15, 0.2) is 16.7 Å². The van der Waals surface area contributed by atoms with Crippen molar-refractivity contribution in [2.24, 2.45) is 0 Å². The van der Waals surface area contributed by atoms with E-state index in [-0.39, 0.29) is 28.1 Å². The van der Waals surface area contributed by atoms with Crippen molar-refractivity contribution in [3.05, 3.63) is 61.1 Å². The third-order valence-corrected chi connectivity index (χ3v) is 4.08. The number of para-hydroxylation sites is 1. The first-order chi connectivity index (χ1) is 11.4. The van der Waals surface area contributed by atoms with Gasteiger partial charge in [0, 0.05) is 18.2 Å². The molecule has 2 aromatic rings. The number of hydrogen-bond acceptors (Lipinski definition) is 6. The quantitative estimate of drug-likeness (QED) is 0.342. The van der Waals surface area contributed by atoms with E-state index in [1.807, 2.05) is 0 Å². The average Bonchev–Trinajstić information content (AvgIpc) is 2.57. The number of carbonyl (C=O) groups is 1. The Balaban J connectivity index is 2.39. The zero-order valence-electron chi connectivity index (χ0n) is 12.2. The van der Waals surface area contributed by atoms with Crippen molar-refractivity contribution in [2.45, 2.75) is 6.54 Å². The van der Waals surface area contributed by atoms with Crippen LogP contribution in [0, 0.1) is 15.9 Å². The van der Waals surface area contributed by atoms with Crippen LogP contribution >= 0.6 is 27.5 Å². The van der Waals surface area contributed by atoms with Gasteiger partial charge in [-0.3, -0.25) is 10.1 Å². The van der Waals surface area contributed by atoms with E-state index in [1.54, 1.807) is 6.07 Å². The molecule has 1 aromatic heterocycles. The van der Waals surface area contributed by atoms with Gasteiger partial charge >= 0.3 is 5.97 Å². The van der Waals surface area contributed by atoms with Crippen molar-refractivity contribution in [1.82, 2.24) is 4.98 Å². The maximum atomic E-state index is 14.2. The molecule has 0 radical (unpaired) electrons. The van der Waals surface area contributed by atoms with Crippen LogP contribution in [0.1, 0.15) is 16.1 Å². The second-order valence-electron chi connectivity index (χ2n) is 4.49. The number of rotatable bonds is 5. The maximum Gasteiger partial charge on any atom is 0.357 e. The van der Waals surface area contributed by atoms with Gasteiger partial charge in [0.2, 0.25) is 0 Å². The first-order valence-corrected chi connectivity index (χ1v) is 7.62. The van der Waals surface area contributed by atoms with E-state index >= 15 is 0 Å². The van der Waals surface area contributed by atoms with Crippen molar-refractivity contribution in [2.75, 3.05) is 12.4 Å². The predicted molar refractivity (Wildman–Crippen MR) is 88.7 cm³/mol. The highest BCUT2D eigenvalue weighted by Gasteiger charge is 2.23. The van der Waals surface area contributed by atoms with E-state index in [9.17, 15) is 19.3 Å². The van der Waals surface area contributed by atoms with E-state index in [0.717, 1.165) is 7.11 Å². The number of hydrogen-bond donors (Lipinski definition) is 1. The Morgan fingerprint density at radius 2 is 2.17 bits per heavy atom. The number of pyridine rings is 1. The molecule has 1 N–H and O–H groups in total. The van der Waals surface area contributed by atoms with Crippen molar-refractivity contribution in [3.63, 3.8) is 0 Å². The minimum absolute atomic E-state index is 0.00911. The molecule has 0 atom stereocenters. The van der Waals surface area contributed by atoms with Gasteiger partial charge in [0.25, 0.3) is 5.69 Å². The SMILES string of the molecule is COC(=O)c1nc(Cl)c(F)c(NCc2ccccc2[N+](=O)[O-])c1Br. The standard InChI is InChI=1S/C14H10BrClFN3O4/c1-24-14(21)12-9(15)11(10(17)13(16)19-12)18-6-7-4-2-3-5-8(7)20(22)23/h2-5H,6H2,1H3,(H,18,19). The molecule has 1 aromatic carbocycles. The van der Waals surface area contributed by atoms with Crippen LogP contribution in [0.3, 0.4) is 0 Å². The Hall–Kier alpha value is -2.26. The van der Waals surface area contributed by atoms with Crippen LogP contribution in [0.15, 0.2) is 28.7 Å². The molecule has 126 valence electrons. The molecule has 10 heteroatoms. The molecule has 0 aliphatic rings. The largest absolute Gasteiger partial charge is 0.464 e. The van der Waals surface area contributed by atoms with Gasteiger partial charge in [-0.2, -0.15) is 0 Å². The van der Waals surface area contributed by atoms with E-state index in [0.29, 0.717) is 5.56 Å². The van der Waals surface area contributed by atoms with Crippen LogP contribution in [0.2, 0.25) is 5.15 Å². The summed E-state index contributed by atoms with van der Waals surface area (Å²) in [5, 5.41) is 13.2. The Bertz CT molecular complexity index is 819. The van der Waals surface area contributed by atoms with Crippen LogP contribution in [-0.2, 0) is 11.3 Å². The molecule has 2 rings (SSSR count). The first-order valence-electron chi connectivity index (χ1n) is 6.45. The van der Waals surface area contributed by atoms with E-state index in [2.05, 4.69) is 31.0 Å². The molecule has 24 heavy (non-hydrogen) atoms. The van der Waals surface area contributed by atoms with Gasteiger partial charge < -0.3 is 10.1 Å². The van der Waals surface area contributed by atoms with Gasteiger partial charge in [-0.15, -0.1) is 0 Å². The van der Waals surface area contributed by atoms with Gasteiger partial charge in [-0.25, -0.2) is 14.2 Å². The van der Waals surface area contributed by atoms with Crippen LogP contribution in [0.25, 0.3) is 0 Å². The number of nitro benzene ring substituents is 1. The maximum absolute atomic E-state index is 14.2. The summed E-state index contributed by atoms with van der Waals surface area (Å²) in [7, 11) is 1.15. The molecule has 0 bridgehead atoms. The zero-order valence-corrected chi connectivity index (χ0v) is 14.5. The molecule has 0 aliphatic heterocycles.